The van der Waals surface area contributed by atoms with Gasteiger partial charge >= 0.3 is 0 Å². The van der Waals surface area contributed by atoms with Crippen molar-refractivity contribution < 1.29 is 27.4 Å². The van der Waals surface area contributed by atoms with Crippen LogP contribution in [0.3, 0.4) is 0 Å². The van der Waals surface area contributed by atoms with Gasteiger partial charge in [-0.1, -0.05) is 41.7 Å². The Kier molecular flexibility index (Phi) is 9.37. The molecule has 0 unspecified atom stereocenters. The van der Waals surface area contributed by atoms with Crippen LogP contribution in [0, 0.1) is 11.3 Å². The van der Waals surface area contributed by atoms with Crippen LogP contribution in [0.4, 0.5) is 5.13 Å². The molecule has 0 aliphatic carbocycles. The molecule has 1 N–H and O–H groups in total. The Labute approximate surface area is 218 Å². The molecule has 3 aromatic rings. The molecule has 3 rings (SSSR count). The van der Waals surface area contributed by atoms with Gasteiger partial charge in [0.1, 0.15) is 30.6 Å². The molecule has 2 aromatic carbocycles. The first-order valence-electron chi connectivity index (χ1n) is 10.8. The standard InChI is InChI=1S/C25H24N4O6S2/c1-4-7-18-8-5-6-9-20(18)34-12-13-35-21-11-10-17(15-22(21)33-2)14-19(16-26)23(30)27-24-28-29-25(36-24)37(3,31)32/h4-6,8-11,14-15H,1,7,12-13H2,2-3H3,(H,27,28,30). The molecule has 0 fully saturated rings. The van der Waals surface area contributed by atoms with Gasteiger partial charge in [0.05, 0.1) is 7.11 Å². The van der Waals surface area contributed by atoms with Gasteiger partial charge in [0.2, 0.25) is 19.3 Å². The van der Waals surface area contributed by atoms with E-state index >= 15 is 0 Å². The highest BCUT2D eigenvalue weighted by atomic mass is 32.2. The molecule has 10 nitrogen and oxygen atoms in total. The summed E-state index contributed by atoms with van der Waals surface area (Å²) in [6, 6.07) is 14.5. The number of aromatic nitrogens is 2. The molecule has 192 valence electrons. The number of amides is 1. The van der Waals surface area contributed by atoms with Crippen molar-refractivity contribution in [3.05, 3.63) is 71.8 Å². The summed E-state index contributed by atoms with van der Waals surface area (Å²) in [6.45, 7) is 4.33. The van der Waals surface area contributed by atoms with Crippen LogP contribution >= 0.6 is 11.3 Å². The Balaban J connectivity index is 1.64. The number of benzene rings is 2. The zero-order chi connectivity index (χ0) is 26.8. The van der Waals surface area contributed by atoms with Gasteiger partial charge in [-0.2, -0.15) is 5.26 Å². The average Bonchev–Trinajstić information content (AvgIpc) is 3.35. The summed E-state index contributed by atoms with van der Waals surface area (Å²) in [5.74, 6) is 0.877. The average molecular weight is 541 g/mol. The van der Waals surface area contributed by atoms with Crippen LogP contribution in [0.5, 0.6) is 17.2 Å². The summed E-state index contributed by atoms with van der Waals surface area (Å²) in [7, 11) is -2.08. The molecule has 0 radical (unpaired) electrons. The second-order valence-electron chi connectivity index (χ2n) is 7.48. The number of carbonyl (C=O) groups excluding carboxylic acids is 1. The molecule has 1 amide bonds. The van der Waals surface area contributed by atoms with E-state index < -0.39 is 15.7 Å². The van der Waals surface area contributed by atoms with E-state index in [1.807, 2.05) is 36.4 Å². The fraction of sp³-hybridized carbons (Fsp3) is 0.200. The Morgan fingerprint density at radius 3 is 2.51 bits per heavy atom. The molecule has 0 saturated heterocycles. The van der Waals surface area contributed by atoms with Crippen molar-refractivity contribution in [1.29, 1.82) is 5.26 Å². The number of anilines is 1. The lowest BCUT2D eigenvalue weighted by atomic mass is 10.1. The van der Waals surface area contributed by atoms with Gasteiger partial charge in [-0.3, -0.25) is 10.1 Å². The Hall–Kier alpha value is -4.21. The van der Waals surface area contributed by atoms with E-state index in [1.165, 1.54) is 13.2 Å². The van der Waals surface area contributed by atoms with Crippen molar-refractivity contribution in [3.63, 3.8) is 0 Å². The number of methoxy groups -OCH3 is 1. The van der Waals surface area contributed by atoms with Crippen molar-refractivity contribution in [3.8, 4) is 23.3 Å². The van der Waals surface area contributed by atoms with E-state index in [9.17, 15) is 18.5 Å². The van der Waals surface area contributed by atoms with Crippen LogP contribution in [-0.2, 0) is 21.1 Å². The largest absolute Gasteiger partial charge is 0.493 e. The van der Waals surface area contributed by atoms with Gasteiger partial charge in [-0.15, -0.1) is 16.8 Å². The van der Waals surface area contributed by atoms with Gasteiger partial charge in [-0.05, 0) is 41.8 Å². The maximum Gasteiger partial charge on any atom is 0.268 e. The van der Waals surface area contributed by atoms with Gasteiger partial charge in [-0.25, -0.2) is 8.42 Å². The number of sulfone groups is 1. The minimum Gasteiger partial charge on any atom is -0.493 e. The number of carbonyl (C=O) groups is 1. The van der Waals surface area contributed by atoms with Gasteiger partial charge < -0.3 is 14.2 Å². The van der Waals surface area contributed by atoms with E-state index in [1.54, 1.807) is 18.2 Å². The quantitative estimate of drug-likeness (QED) is 0.120. The van der Waals surface area contributed by atoms with Crippen molar-refractivity contribution in [2.24, 2.45) is 0 Å². The van der Waals surface area contributed by atoms with Crippen molar-refractivity contribution in [1.82, 2.24) is 10.2 Å². The second-order valence-corrected chi connectivity index (χ2v) is 10.6. The van der Waals surface area contributed by atoms with Gasteiger partial charge in [0.25, 0.3) is 5.91 Å². The Morgan fingerprint density at radius 2 is 1.86 bits per heavy atom. The zero-order valence-corrected chi connectivity index (χ0v) is 21.8. The number of ether oxygens (including phenoxy) is 3. The maximum atomic E-state index is 12.5. The molecule has 37 heavy (non-hydrogen) atoms. The molecule has 0 spiro atoms. The van der Waals surface area contributed by atoms with Crippen LogP contribution in [-0.4, -0.2) is 51.1 Å². The molecule has 0 aliphatic rings. The molecular formula is C25H24N4O6S2. The van der Waals surface area contributed by atoms with Crippen molar-refractivity contribution in [2.45, 2.75) is 10.8 Å². The number of allylic oxidation sites excluding steroid dienone is 1. The summed E-state index contributed by atoms with van der Waals surface area (Å²) in [5.41, 5.74) is 1.32. The summed E-state index contributed by atoms with van der Waals surface area (Å²) >= 11 is 0.691. The molecule has 12 heteroatoms. The SMILES string of the molecule is C=CCc1ccccc1OCCOc1ccc(C=C(C#N)C(=O)Nc2nnc(S(C)(=O)=O)s2)cc1OC. The number of para-hydroxylation sites is 1. The van der Waals surface area contributed by atoms with E-state index in [-0.39, 0.29) is 21.7 Å². The summed E-state index contributed by atoms with van der Waals surface area (Å²) in [5, 5.41) is 18.9. The number of rotatable bonds is 12. The second kappa shape index (κ2) is 12.7. The number of hydrogen-bond acceptors (Lipinski definition) is 10. The smallest absolute Gasteiger partial charge is 0.268 e. The number of nitrogens with zero attached hydrogens (tertiary/aromatic N) is 3. The molecule has 0 saturated carbocycles. The molecule has 0 atom stereocenters. The van der Waals surface area contributed by atoms with Crippen LogP contribution in [0.15, 0.2) is 65.0 Å². The highest BCUT2D eigenvalue weighted by molar-refractivity contribution is 7.92. The van der Waals surface area contributed by atoms with Crippen molar-refractivity contribution >= 4 is 38.3 Å². The van der Waals surface area contributed by atoms with E-state index in [2.05, 4.69) is 22.1 Å². The molecule has 0 aliphatic heterocycles. The summed E-state index contributed by atoms with van der Waals surface area (Å²) in [4.78, 5) is 12.5. The highest BCUT2D eigenvalue weighted by Gasteiger charge is 2.18. The third-order valence-electron chi connectivity index (χ3n) is 4.74. The Morgan fingerprint density at radius 1 is 1.14 bits per heavy atom. The maximum absolute atomic E-state index is 12.5. The van der Waals surface area contributed by atoms with Gasteiger partial charge in [0, 0.05) is 6.26 Å². The first-order chi connectivity index (χ1) is 17.7. The monoisotopic (exact) mass is 540 g/mol. The number of hydrogen-bond donors (Lipinski definition) is 1. The van der Waals surface area contributed by atoms with E-state index in [4.69, 9.17) is 14.2 Å². The zero-order valence-electron chi connectivity index (χ0n) is 20.1. The fourth-order valence-electron chi connectivity index (χ4n) is 3.06. The normalized spacial score (nSPS) is 11.3. The van der Waals surface area contributed by atoms with E-state index in [0.717, 1.165) is 17.6 Å². The summed E-state index contributed by atoms with van der Waals surface area (Å²) in [6.07, 6.45) is 4.85. The molecular weight excluding hydrogens is 516 g/mol. The lowest BCUT2D eigenvalue weighted by Gasteiger charge is -2.13. The third-order valence-corrected chi connectivity index (χ3v) is 7.25. The predicted molar refractivity (Wildman–Crippen MR) is 140 cm³/mol. The fourth-order valence-corrected chi connectivity index (χ4v) is 4.56. The number of nitriles is 1. The third kappa shape index (κ3) is 7.63. The van der Waals surface area contributed by atoms with Crippen LogP contribution in [0.25, 0.3) is 6.08 Å². The van der Waals surface area contributed by atoms with E-state index in [0.29, 0.717) is 41.4 Å². The van der Waals surface area contributed by atoms with Crippen molar-refractivity contribution in [2.75, 3.05) is 31.9 Å². The number of nitrogens with one attached hydrogen (secondary N) is 1. The lowest BCUT2D eigenvalue weighted by Crippen LogP contribution is -2.13. The Bertz CT molecular complexity index is 1460. The minimum atomic E-state index is -3.55. The van der Waals surface area contributed by atoms with Crippen LogP contribution in [0.1, 0.15) is 11.1 Å². The van der Waals surface area contributed by atoms with Crippen LogP contribution in [0.2, 0.25) is 0 Å². The first kappa shape index (κ1) is 27.4. The van der Waals surface area contributed by atoms with Crippen LogP contribution < -0.4 is 19.5 Å². The summed E-state index contributed by atoms with van der Waals surface area (Å²) < 4.78 is 39.8. The molecule has 0 bridgehead atoms. The first-order valence-corrected chi connectivity index (χ1v) is 13.5. The molecule has 1 heterocycles. The predicted octanol–water partition coefficient (Wildman–Crippen LogP) is 3.68. The van der Waals surface area contributed by atoms with Gasteiger partial charge in [0.15, 0.2) is 11.5 Å². The lowest BCUT2D eigenvalue weighted by molar-refractivity contribution is -0.112. The highest BCUT2D eigenvalue weighted by Crippen LogP contribution is 2.29. The minimum absolute atomic E-state index is 0.0396. The molecule has 1 aromatic heterocycles. The topological polar surface area (TPSA) is 140 Å².